The lowest BCUT2D eigenvalue weighted by molar-refractivity contribution is 0.0926. The van der Waals surface area contributed by atoms with Crippen LogP contribution < -0.4 is 16.0 Å². The highest BCUT2D eigenvalue weighted by Gasteiger charge is 2.43. The lowest BCUT2D eigenvalue weighted by Crippen LogP contribution is -2.52. The van der Waals surface area contributed by atoms with Crippen molar-refractivity contribution in [3.8, 4) is 0 Å². The van der Waals surface area contributed by atoms with Gasteiger partial charge in [-0.3, -0.25) is 4.79 Å². The molecule has 2 aromatic rings. The highest BCUT2D eigenvalue weighted by Crippen LogP contribution is 2.48. The van der Waals surface area contributed by atoms with E-state index in [4.69, 9.17) is 16.0 Å². The summed E-state index contributed by atoms with van der Waals surface area (Å²) in [6.07, 6.45) is 5.77. The number of amides is 3. The number of benzene rings is 1. The number of halogens is 1. The van der Waals surface area contributed by atoms with E-state index < -0.39 is 5.54 Å². The Bertz CT molecular complexity index is 929. The van der Waals surface area contributed by atoms with E-state index in [9.17, 15) is 9.59 Å². The molecule has 1 aliphatic heterocycles. The fourth-order valence-electron chi connectivity index (χ4n) is 4.36. The van der Waals surface area contributed by atoms with Crippen molar-refractivity contribution in [2.75, 3.05) is 11.9 Å². The van der Waals surface area contributed by atoms with Gasteiger partial charge in [0.25, 0.3) is 5.91 Å². The standard InChI is InChI=1S/C21H26ClN3O3/c1-12(2)6-9-23-19(26)15-11-13-10-14(22)17-16(18(13)28-15)21(25-20(27)24-17)7-4-3-5-8-21/h10-12H,3-9H2,1-2H3,(H,23,26)(H2,24,25,27). The highest BCUT2D eigenvalue weighted by molar-refractivity contribution is 6.35. The van der Waals surface area contributed by atoms with Gasteiger partial charge in [0.1, 0.15) is 5.58 Å². The molecule has 150 valence electrons. The molecular formula is C21H26ClN3O3. The molecule has 0 atom stereocenters. The Kier molecular flexibility index (Phi) is 5.00. The van der Waals surface area contributed by atoms with E-state index in [0.29, 0.717) is 28.8 Å². The zero-order chi connectivity index (χ0) is 19.9. The molecule has 1 aromatic heterocycles. The third-order valence-electron chi connectivity index (χ3n) is 5.77. The number of urea groups is 1. The number of carbonyl (C=O) groups is 2. The Hall–Kier alpha value is -2.21. The Morgan fingerprint density at radius 2 is 2.04 bits per heavy atom. The van der Waals surface area contributed by atoms with Gasteiger partial charge in [0, 0.05) is 17.5 Å². The molecule has 0 saturated heterocycles. The molecule has 3 amide bonds. The van der Waals surface area contributed by atoms with Gasteiger partial charge in [-0.15, -0.1) is 0 Å². The first kappa shape index (κ1) is 19.1. The van der Waals surface area contributed by atoms with Crippen LogP contribution in [0.1, 0.15) is 68.5 Å². The van der Waals surface area contributed by atoms with Crippen LogP contribution in [-0.2, 0) is 5.54 Å². The monoisotopic (exact) mass is 403 g/mol. The maximum absolute atomic E-state index is 12.5. The zero-order valence-electron chi connectivity index (χ0n) is 16.3. The predicted octanol–water partition coefficient (Wildman–Crippen LogP) is 5.16. The molecule has 1 fully saturated rings. The van der Waals surface area contributed by atoms with Crippen LogP contribution in [0.15, 0.2) is 16.5 Å². The third kappa shape index (κ3) is 3.34. The lowest BCUT2D eigenvalue weighted by Gasteiger charge is -2.42. The second kappa shape index (κ2) is 7.32. The van der Waals surface area contributed by atoms with Crippen LogP contribution in [0.4, 0.5) is 10.5 Å². The van der Waals surface area contributed by atoms with Gasteiger partial charge in [-0.1, -0.05) is 44.7 Å². The summed E-state index contributed by atoms with van der Waals surface area (Å²) in [4.78, 5) is 24.8. The summed E-state index contributed by atoms with van der Waals surface area (Å²) in [5, 5.41) is 10.1. The number of fused-ring (bicyclic) bond motifs is 4. The number of hydrogen-bond acceptors (Lipinski definition) is 3. The minimum Gasteiger partial charge on any atom is -0.450 e. The van der Waals surface area contributed by atoms with Crippen molar-refractivity contribution in [3.05, 3.63) is 28.5 Å². The number of furan rings is 1. The van der Waals surface area contributed by atoms with Crippen LogP contribution in [0.3, 0.4) is 0 Å². The van der Waals surface area contributed by atoms with Crippen molar-refractivity contribution < 1.29 is 14.0 Å². The van der Waals surface area contributed by atoms with Gasteiger partial charge in [0.2, 0.25) is 0 Å². The first-order valence-corrected chi connectivity index (χ1v) is 10.4. The van der Waals surface area contributed by atoms with Gasteiger partial charge in [0.05, 0.1) is 16.2 Å². The normalized spacial score (nSPS) is 18.1. The van der Waals surface area contributed by atoms with Crippen molar-refractivity contribution in [3.63, 3.8) is 0 Å². The van der Waals surface area contributed by atoms with Crippen molar-refractivity contribution in [2.24, 2.45) is 5.92 Å². The van der Waals surface area contributed by atoms with Gasteiger partial charge in [0.15, 0.2) is 5.76 Å². The van der Waals surface area contributed by atoms with E-state index in [1.807, 2.05) is 0 Å². The van der Waals surface area contributed by atoms with Crippen LogP contribution >= 0.6 is 11.6 Å². The van der Waals surface area contributed by atoms with Crippen LogP contribution in [-0.4, -0.2) is 18.5 Å². The van der Waals surface area contributed by atoms with Crippen molar-refractivity contribution in [2.45, 2.75) is 57.9 Å². The number of anilines is 1. The number of hydrogen-bond donors (Lipinski definition) is 3. The molecule has 2 heterocycles. The fourth-order valence-corrected chi connectivity index (χ4v) is 4.62. The van der Waals surface area contributed by atoms with Crippen molar-refractivity contribution in [1.82, 2.24) is 10.6 Å². The Balaban J connectivity index is 1.77. The number of rotatable bonds is 4. The average molecular weight is 404 g/mol. The maximum Gasteiger partial charge on any atom is 0.319 e. The van der Waals surface area contributed by atoms with Crippen LogP contribution in [0.5, 0.6) is 0 Å². The third-order valence-corrected chi connectivity index (χ3v) is 6.07. The summed E-state index contributed by atoms with van der Waals surface area (Å²) in [6, 6.07) is 3.25. The zero-order valence-corrected chi connectivity index (χ0v) is 17.0. The maximum atomic E-state index is 12.5. The number of carbonyl (C=O) groups excluding carboxylic acids is 2. The molecule has 6 nitrogen and oxygen atoms in total. The second-order valence-electron chi connectivity index (χ2n) is 8.30. The molecule has 0 radical (unpaired) electrons. The van der Waals surface area contributed by atoms with Gasteiger partial charge >= 0.3 is 6.03 Å². The van der Waals surface area contributed by atoms with E-state index in [-0.39, 0.29) is 17.7 Å². The molecule has 7 heteroatoms. The first-order chi connectivity index (χ1) is 13.4. The minimum absolute atomic E-state index is 0.229. The summed E-state index contributed by atoms with van der Waals surface area (Å²) >= 11 is 6.51. The van der Waals surface area contributed by atoms with Gasteiger partial charge < -0.3 is 20.4 Å². The van der Waals surface area contributed by atoms with E-state index in [1.54, 1.807) is 12.1 Å². The number of nitrogens with one attached hydrogen (secondary N) is 3. The quantitative estimate of drug-likeness (QED) is 0.659. The average Bonchev–Trinajstić information content (AvgIpc) is 3.05. The smallest absolute Gasteiger partial charge is 0.319 e. The lowest BCUT2D eigenvalue weighted by atomic mass is 9.74. The summed E-state index contributed by atoms with van der Waals surface area (Å²) in [5.41, 5.74) is 1.60. The van der Waals surface area contributed by atoms with Gasteiger partial charge in [-0.2, -0.15) is 0 Å². The molecule has 0 bridgehead atoms. The molecular weight excluding hydrogens is 378 g/mol. The van der Waals surface area contributed by atoms with E-state index in [0.717, 1.165) is 49.5 Å². The van der Waals surface area contributed by atoms with Crippen molar-refractivity contribution >= 4 is 40.2 Å². The van der Waals surface area contributed by atoms with Crippen LogP contribution in [0, 0.1) is 5.92 Å². The Morgan fingerprint density at radius 3 is 2.75 bits per heavy atom. The predicted molar refractivity (Wildman–Crippen MR) is 110 cm³/mol. The Morgan fingerprint density at radius 1 is 1.29 bits per heavy atom. The molecule has 3 N–H and O–H groups in total. The molecule has 1 spiro atoms. The molecule has 1 saturated carbocycles. The molecule has 0 unspecified atom stereocenters. The molecule has 2 aliphatic rings. The molecule has 28 heavy (non-hydrogen) atoms. The van der Waals surface area contributed by atoms with E-state index >= 15 is 0 Å². The molecule has 4 rings (SSSR count). The topological polar surface area (TPSA) is 83.4 Å². The summed E-state index contributed by atoms with van der Waals surface area (Å²) in [5.74, 6) is 0.556. The second-order valence-corrected chi connectivity index (χ2v) is 8.70. The highest BCUT2D eigenvalue weighted by atomic mass is 35.5. The Labute approximate surface area is 169 Å². The first-order valence-electron chi connectivity index (χ1n) is 10.0. The van der Waals surface area contributed by atoms with Gasteiger partial charge in [-0.25, -0.2) is 4.79 Å². The van der Waals surface area contributed by atoms with Crippen LogP contribution in [0.2, 0.25) is 5.02 Å². The SMILES string of the molecule is CC(C)CCNC(=O)c1cc2cc(Cl)c3c(c2o1)C1(CCCCC1)NC(=O)N3. The van der Waals surface area contributed by atoms with E-state index in [2.05, 4.69) is 29.8 Å². The van der Waals surface area contributed by atoms with E-state index in [1.165, 1.54) is 0 Å². The van der Waals surface area contributed by atoms with Crippen molar-refractivity contribution in [1.29, 1.82) is 0 Å². The minimum atomic E-state index is -0.498. The summed E-state index contributed by atoms with van der Waals surface area (Å²) in [6.45, 7) is 4.84. The van der Waals surface area contributed by atoms with Gasteiger partial charge in [-0.05, 0) is 37.3 Å². The molecule has 1 aliphatic carbocycles. The largest absolute Gasteiger partial charge is 0.450 e. The summed E-state index contributed by atoms with van der Waals surface area (Å²) in [7, 11) is 0. The fraction of sp³-hybridized carbons (Fsp3) is 0.524. The molecule has 1 aromatic carbocycles. The summed E-state index contributed by atoms with van der Waals surface area (Å²) < 4.78 is 6.04. The van der Waals surface area contributed by atoms with Crippen LogP contribution in [0.25, 0.3) is 11.0 Å².